The Kier molecular flexibility index (Phi) is 4.90. The van der Waals surface area contributed by atoms with Crippen molar-refractivity contribution in [3.8, 4) is 0 Å². The lowest BCUT2D eigenvalue weighted by atomic mass is 9.99. The molecule has 0 saturated carbocycles. The van der Waals surface area contributed by atoms with E-state index in [2.05, 4.69) is 16.4 Å². The predicted molar refractivity (Wildman–Crippen MR) is 87.7 cm³/mol. The average molecular weight is 329 g/mol. The molecule has 1 unspecified atom stereocenters. The molecule has 126 valence electrons. The molecule has 0 saturated heterocycles. The van der Waals surface area contributed by atoms with E-state index in [1.807, 2.05) is 18.2 Å². The molecule has 1 aliphatic heterocycles. The second kappa shape index (κ2) is 7.27. The number of ether oxygens (including phenoxy) is 1. The molecule has 1 aromatic carbocycles. The first kappa shape index (κ1) is 16.2. The van der Waals surface area contributed by atoms with Gasteiger partial charge in [-0.2, -0.15) is 0 Å². The van der Waals surface area contributed by atoms with E-state index >= 15 is 0 Å². The van der Waals surface area contributed by atoms with Crippen LogP contribution >= 0.6 is 0 Å². The molecule has 2 heterocycles. The number of aromatic nitrogens is 2. The molecule has 0 bridgehead atoms. The highest BCUT2D eigenvalue weighted by Crippen LogP contribution is 2.19. The van der Waals surface area contributed by atoms with Gasteiger partial charge in [0.25, 0.3) is 5.56 Å². The SMILES string of the molecule is O=C(CCn1ccc(=O)[nH]c1=O)NCC1Cc2ccccc2CO1. The number of hydrogen-bond donors (Lipinski definition) is 2. The molecule has 24 heavy (non-hydrogen) atoms. The Morgan fingerprint density at radius 2 is 2.04 bits per heavy atom. The molecule has 2 aromatic rings. The van der Waals surface area contributed by atoms with E-state index in [-0.39, 0.29) is 25.0 Å². The van der Waals surface area contributed by atoms with Crippen molar-refractivity contribution < 1.29 is 9.53 Å². The molecular weight excluding hydrogens is 310 g/mol. The number of hydrogen-bond acceptors (Lipinski definition) is 4. The molecule has 0 aliphatic carbocycles. The lowest BCUT2D eigenvalue weighted by molar-refractivity contribution is -0.122. The molecule has 1 aliphatic rings. The second-order valence-electron chi connectivity index (χ2n) is 5.76. The lowest BCUT2D eigenvalue weighted by Crippen LogP contribution is -2.37. The van der Waals surface area contributed by atoms with Crippen molar-refractivity contribution in [2.24, 2.45) is 0 Å². The summed E-state index contributed by atoms with van der Waals surface area (Å²) in [5.41, 5.74) is 1.48. The van der Waals surface area contributed by atoms with Gasteiger partial charge < -0.3 is 14.6 Å². The number of carbonyl (C=O) groups excluding carboxylic acids is 1. The Hall–Kier alpha value is -2.67. The van der Waals surface area contributed by atoms with Gasteiger partial charge in [-0.3, -0.25) is 14.6 Å². The van der Waals surface area contributed by atoms with Crippen molar-refractivity contribution in [2.45, 2.75) is 32.1 Å². The first-order valence-electron chi connectivity index (χ1n) is 7.86. The van der Waals surface area contributed by atoms with Crippen LogP contribution in [0.1, 0.15) is 17.5 Å². The van der Waals surface area contributed by atoms with Crippen LogP contribution in [0.15, 0.2) is 46.1 Å². The number of aromatic amines is 1. The van der Waals surface area contributed by atoms with Crippen LogP contribution in [0.3, 0.4) is 0 Å². The first-order chi connectivity index (χ1) is 11.6. The summed E-state index contributed by atoms with van der Waals surface area (Å²) < 4.78 is 7.04. The zero-order valence-electron chi connectivity index (χ0n) is 13.2. The van der Waals surface area contributed by atoms with Crippen molar-refractivity contribution in [3.05, 3.63) is 68.5 Å². The fourth-order valence-corrected chi connectivity index (χ4v) is 2.70. The zero-order valence-corrected chi connectivity index (χ0v) is 13.2. The summed E-state index contributed by atoms with van der Waals surface area (Å²) in [6.07, 6.45) is 2.28. The Morgan fingerprint density at radius 3 is 2.83 bits per heavy atom. The monoisotopic (exact) mass is 329 g/mol. The van der Waals surface area contributed by atoms with Crippen LogP contribution in [0.25, 0.3) is 0 Å². The smallest absolute Gasteiger partial charge is 0.328 e. The number of nitrogens with zero attached hydrogens (tertiary/aromatic N) is 1. The Morgan fingerprint density at radius 1 is 1.25 bits per heavy atom. The third-order valence-corrected chi connectivity index (χ3v) is 4.04. The average Bonchev–Trinajstić information content (AvgIpc) is 2.59. The van der Waals surface area contributed by atoms with Gasteiger partial charge in [0, 0.05) is 38.2 Å². The van der Waals surface area contributed by atoms with Crippen molar-refractivity contribution >= 4 is 5.91 Å². The molecule has 0 spiro atoms. The summed E-state index contributed by atoms with van der Waals surface area (Å²) in [4.78, 5) is 36.6. The van der Waals surface area contributed by atoms with Crippen LogP contribution in [0, 0.1) is 0 Å². The van der Waals surface area contributed by atoms with Crippen molar-refractivity contribution in [1.29, 1.82) is 0 Å². The van der Waals surface area contributed by atoms with E-state index in [9.17, 15) is 14.4 Å². The Bertz CT molecular complexity index is 840. The van der Waals surface area contributed by atoms with Crippen molar-refractivity contribution in [3.63, 3.8) is 0 Å². The van der Waals surface area contributed by atoms with Crippen molar-refractivity contribution in [1.82, 2.24) is 14.9 Å². The van der Waals surface area contributed by atoms with Gasteiger partial charge in [0.05, 0.1) is 12.7 Å². The van der Waals surface area contributed by atoms with Gasteiger partial charge in [-0.15, -0.1) is 0 Å². The predicted octanol–water partition coefficient (Wildman–Crippen LogP) is 0.184. The first-order valence-corrected chi connectivity index (χ1v) is 7.86. The van der Waals surface area contributed by atoms with Crippen LogP contribution < -0.4 is 16.6 Å². The lowest BCUT2D eigenvalue weighted by Gasteiger charge is -2.25. The summed E-state index contributed by atoms with van der Waals surface area (Å²) in [6, 6.07) is 9.37. The van der Waals surface area contributed by atoms with Crippen molar-refractivity contribution in [2.75, 3.05) is 6.54 Å². The fourth-order valence-electron chi connectivity index (χ4n) is 2.70. The number of fused-ring (bicyclic) bond motifs is 1. The van der Waals surface area contributed by atoms with Gasteiger partial charge in [0.1, 0.15) is 0 Å². The standard InChI is InChI=1S/C17H19N3O4/c21-15(5-7-20-8-6-16(22)19-17(20)23)18-10-14-9-12-3-1-2-4-13(12)11-24-14/h1-4,6,8,14H,5,7,9-11H2,(H,18,21)(H,19,22,23). The molecule has 3 rings (SSSR count). The van der Waals surface area contributed by atoms with E-state index in [1.54, 1.807) is 0 Å². The number of benzene rings is 1. The highest BCUT2D eigenvalue weighted by atomic mass is 16.5. The molecule has 2 N–H and O–H groups in total. The summed E-state index contributed by atoms with van der Waals surface area (Å²) >= 11 is 0. The third kappa shape index (κ3) is 3.99. The van der Waals surface area contributed by atoms with E-state index in [0.717, 1.165) is 6.42 Å². The van der Waals surface area contributed by atoms with Crippen LogP contribution in [0.4, 0.5) is 0 Å². The quantitative estimate of drug-likeness (QED) is 0.819. The molecule has 7 heteroatoms. The number of rotatable bonds is 5. The van der Waals surface area contributed by atoms with Gasteiger partial charge in [-0.1, -0.05) is 24.3 Å². The van der Waals surface area contributed by atoms with Gasteiger partial charge in [0.2, 0.25) is 5.91 Å². The van der Waals surface area contributed by atoms with E-state index in [1.165, 1.54) is 28.0 Å². The molecule has 1 atom stereocenters. The van der Waals surface area contributed by atoms with Crippen LogP contribution in [0.2, 0.25) is 0 Å². The Balaban J connectivity index is 1.46. The van der Waals surface area contributed by atoms with Crippen LogP contribution in [0.5, 0.6) is 0 Å². The summed E-state index contributed by atoms with van der Waals surface area (Å²) in [5.74, 6) is -0.157. The normalized spacial score (nSPS) is 16.4. The van der Waals surface area contributed by atoms with Gasteiger partial charge in [0.15, 0.2) is 0 Å². The maximum atomic E-state index is 11.9. The fraction of sp³-hybridized carbons (Fsp3) is 0.353. The van der Waals surface area contributed by atoms with E-state index < -0.39 is 11.2 Å². The maximum Gasteiger partial charge on any atom is 0.328 e. The summed E-state index contributed by atoms with van der Waals surface area (Å²) in [7, 11) is 0. The summed E-state index contributed by atoms with van der Waals surface area (Å²) in [5, 5.41) is 2.83. The largest absolute Gasteiger partial charge is 0.371 e. The maximum absolute atomic E-state index is 11.9. The molecule has 1 aromatic heterocycles. The molecular formula is C17H19N3O4. The number of carbonyl (C=O) groups is 1. The van der Waals surface area contributed by atoms with Gasteiger partial charge in [-0.25, -0.2) is 4.79 Å². The minimum atomic E-state index is -0.512. The minimum absolute atomic E-state index is 0.0420. The second-order valence-corrected chi connectivity index (χ2v) is 5.76. The number of amides is 1. The van der Waals surface area contributed by atoms with Crippen LogP contribution in [-0.2, 0) is 29.1 Å². The highest BCUT2D eigenvalue weighted by Gasteiger charge is 2.19. The minimum Gasteiger partial charge on any atom is -0.371 e. The number of aryl methyl sites for hydroxylation is 1. The van der Waals surface area contributed by atoms with Gasteiger partial charge >= 0.3 is 5.69 Å². The van der Waals surface area contributed by atoms with Gasteiger partial charge in [-0.05, 0) is 11.1 Å². The number of H-pyrrole nitrogens is 1. The molecule has 7 nitrogen and oxygen atoms in total. The highest BCUT2D eigenvalue weighted by molar-refractivity contribution is 5.75. The zero-order chi connectivity index (χ0) is 16.9. The Labute approximate surface area is 138 Å². The molecule has 0 fully saturated rings. The topological polar surface area (TPSA) is 93.2 Å². The number of nitrogens with one attached hydrogen (secondary N) is 2. The van der Waals surface area contributed by atoms with E-state index in [0.29, 0.717) is 13.2 Å². The van der Waals surface area contributed by atoms with Crippen LogP contribution in [-0.4, -0.2) is 28.1 Å². The van der Waals surface area contributed by atoms with E-state index in [4.69, 9.17) is 4.74 Å². The molecule has 0 radical (unpaired) electrons. The third-order valence-electron chi connectivity index (χ3n) is 4.04. The summed E-state index contributed by atoms with van der Waals surface area (Å²) in [6.45, 7) is 1.22. The molecule has 1 amide bonds.